The number of benzene rings is 1. The van der Waals surface area contributed by atoms with Crippen molar-refractivity contribution in [1.82, 2.24) is 0 Å². The lowest BCUT2D eigenvalue weighted by Gasteiger charge is -2.27. The Labute approximate surface area is 144 Å². The van der Waals surface area contributed by atoms with Gasteiger partial charge in [0.2, 0.25) is 0 Å². The molecule has 5 nitrogen and oxygen atoms in total. The van der Waals surface area contributed by atoms with E-state index < -0.39 is 11.7 Å². The van der Waals surface area contributed by atoms with Gasteiger partial charge in [0.1, 0.15) is 5.60 Å². The molecule has 0 radical (unpaired) electrons. The molecule has 0 aliphatic carbocycles. The third-order valence-corrected chi connectivity index (χ3v) is 3.77. The summed E-state index contributed by atoms with van der Waals surface area (Å²) in [6.07, 6.45) is 1.73. The SMILES string of the molecule is COC(=O)C1=Cc2cc(Br)ccc2N(C(=O)OC(C)(C)C)CC1. The fourth-order valence-electron chi connectivity index (χ4n) is 2.30. The van der Waals surface area contributed by atoms with Crippen LogP contribution in [0.5, 0.6) is 0 Å². The quantitative estimate of drug-likeness (QED) is 0.685. The molecule has 1 aromatic rings. The first-order valence-corrected chi connectivity index (χ1v) is 8.09. The predicted molar refractivity (Wildman–Crippen MR) is 92.3 cm³/mol. The fraction of sp³-hybridized carbons (Fsp3) is 0.412. The van der Waals surface area contributed by atoms with Crippen LogP contribution >= 0.6 is 15.9 Å². The third-order valence-electron chi connectivity index (χ3n) is 3.28. The van der Waals surface area contributed by atoms with Crippen molar-refractivity contribution in [3.05, 3.63) is 33.8 Å². The van der Waals surface area contributed by atoms with Crippen molar-refractivity contribution < 1.29 is 19.1 Å². The lowest BCUT2D eigenvalue weighted by Crippen LogP contribution is -2.37. The van der Waals surface area contributed by atoms with E-state index in [1.807, 2.05) is 39.0 Å². The molecule has 0 saturated heterocycles. The zero-order valence-electron chi connectivity index (χ0n) is 13.7. The van der Waals surface area contributed by atoms with E-state index in [2.05, 4.69) is 15.9 Å². The molecule has 1 aromatic carbocycles. The van der Waals surface area contributed by atoms with Crippen molar-refractivity contribution in [2.24, 2.45) is 0 Å². The first-order valence-electron chi connectivity index (χ1n) is 7.30. The molecule has 124 valence electrons. The molecule has 23 heavy (non-hydrogen) atoms. The van der Waals surface area contributed by atoms with Gasteiger partial charge in [-0.2, -0.15) is 0 Å². The number of nitrogens with zero attached hydrogens (tertiary/aromatic N) is 1. The smallest absolute Gasteiger partial charge is 0.414 e. The van der Waals surface area contributed by atoms with Crippen molar-refractivity contribution in [2.45, 2.75) is 32.8 Å². The minimum absolute atomic E-state index is 0.352. The summed E-state index contributed by atoms with van der Waals surface area (Å²) in [6.45, 7) is 5.82. The second kappa shape index (κ2) is 6.74. The van der Waals surface area contributed by atoms with E-state index in [4.69, 9.17) is 9.47 Å². The van der Waals surface area contributed by atoms with Crippen LogP contribution in [0.25, 0.3) is 6.08 Å². The first kappa shape index (κ1) is 17.5. The number of anilines is 1. The Morgan fingerprint density at radius 2 is 1.96 bits per heavy atom. The van der Waals surface area contributed by atoms with E-state index in [-0.39, 0.29) is 5.97 Å². The van der Waals surface area contributed by atoms with Crippen LogP contribution in [0.15, 0.2) is 28.2 Å². The summed E-state index contributed by atoms with van der Waals surface area (Å²) < 4.78 is 11.2. The summed E-state index contributed by atoms with van der Waals surface area (Å²) >= 11 is 3.42. The van der Waals surface area contributed by atoms with Gasteiger partial charge < -0.3 is 9.47 Å². The van der Waals surface area contributed by atoms with E-state index in [0.29, 0.717) is 24.2 Å². The molecule has 0 saturated carbocycles. The van der Waals surface area contributed by atoms with Crippen molar-refractivity contribution in [2.75, 3.05) is 18.6 Å². The summed E-state index contributed by atoms with van der Waals surface area (Å²) in [4.78, 5) is 26.0. The summed E-state index contributed by atoms with van der Waals surface area (Å²) in [5.41, 5.74) is 1.42. The number of halogens is 1. The molecule has 0 aromatic heterocycles. The van der Waals surface area contributed by atoms with Crippen molar-refractivity contribution in [1.29, 1.82) is 0 Å². The highest BCUT2D eigenvalue weighted by molar-refractivity contribution is 9.10. The summed E-state index contributed by atoms with van der Waals surface area (Å²) in [6, 6.07) is 5.55. The Balaban J connectivity index is 2.42. The largest absolute Gasteiger partial charge is 0.466 e. The van der Waals surface area contributed by atoms with E-state index in [9.17, 15) is 9.59 Å². The number of ether oxygens (including phenoxy) is 2. The molecule has 1 aliphatic rings. The Morgan fingerprint density at radius 1 is 1.26 bits per heavy atom. The number of carbonyl (C=O) groups is 2. The second-order valence-corrected chi connectivity index (χ2v) is 7.16. The van der Waals surface area contributed by atoms with Gasteiger partial charge in [0.05, 0.1) is 12.8 Å². The van der Waals surface area contributed by atoms with Crippen LogP contribution in [0.3, 0.4) is 0 Å². The van der Waals surface area contributed by atoms with Gasteiger partial charge in [-0.1, -0.05) is 15.9 Å². The fourth-order valence-corrected chi connectivity index (χ4v) is 2.68. The van der Waals surface area contributed by atoms with Crippen LogP contribution in [0.1, 0.15) is 32.8 Å². The Hall–Kier alpha value is -1.82. The second-order valence-electron chi connectivity index (χ2n) is 6.25. The zero-order chi connectivity index (χ0) is 17.2. The Kier molecular flexibility index (Phi) is 5.14. The van der Waals surface area contributed by atoms with Gasteiger partial charge in [-0.3, -0.25) is 4.90 Å². The minimum atomic E-state index is -0.586. The average molecular weight is 382 g/mol. The molecule has 1 aliphatic heterocycles. The third kappa shape index (κ3) is 4.34. The maximum atomic E-state index is 12.5. The van der Waals surface area contributed by atoms with E-state index in [1.54, 1.807) is 11.0 Å². The molecule has 0 spiro atoms. The van der Waals surface area contributed by atoms with E-state index in [0.717, 1.165) is 10.0 Å². The van der Waals surface area contributed by atoms with Gasteiger partial charge >= 0.3 is 12.1 Å². The van der Waals surface area contributed by atoms with Crippen LogP contribution in [0.2, 0.25) is 0 Å². The maximum Gasteiger partial charge on any atom is 0.414 e. The maximum absolute atomic E-state index is 12.5. The Morgan fingerprint density at radius 3 is 2.57 bits per heavy atom. The predicted octanol–water partition coefficient (Wildman–Crippen LogP) is 4.15. The topological polar surface area (TPSA) is 55.8 Å². The highest BCUT2D eigenvalue weighted by Gasteiger charge is 2.28. The number of amides is 1. The number of rotatable bonds is 1. The lowest BCUT2D eigenvalue weighted by atomic mass is 10.1. The van der Waals surface area contributed by atoms with Gasteiger partial charge in [-0.05, 0) is 51.5 Å². The summed E-state index contributed by atoms with van der Waals surface area (Å²) in [5, 5.41) is 0. The Bertz CT molecular complexity index is 661. The molecule has 0 unspecified atom stereocenters. The molecule has 0 fully saturated rings. The molecule has 0 N–H and O–H groups in total. The lowest BCUT2D eigenvalue weighted by molar-refractivity contribution is -0.136. The van der Waals surface area contributed by atoms with Crippen LogP contribution in [-0.2, 0) is 14.3 Å². The standard InChI is InChI=1S/C17H20BrNO4/c1-17(2,3)23-16(21)19-8-7-11(15(20)22-4)9-12-10-13(18)5-6-14(12)19/h5-6,9-10H,7-8H2,1-4H3. The van der Waals surface area contributed by atoms with Gasteiger partial charge in [-0.25, -0.2) is 9.59 Å². The van der Waals surface area contributed by atoms with Gasteiger partial charge in [-0.15, -0.1) is 0 Å². The molecule has 2 rings (SSSR count). The minimum Gasteiger partial charge on any atom is -0.466 e. The normalized spacial score (nSPS) is 14.5. The van der Waals surface area contributed by atoms with Crippen LogP contribution in [0.4, 0.5) is 10.5 Å². The molecular formula is C17H20BrNO4. The van der Waals surface area contributed by atoms with Crippen LogP contribution in [0, 0.1) is 0 Å². The summed E-state index contributed by atoms with van der Waals surface area (Å²) in [5.74, 6) is -0.387. The van der Waals surface area contributed by atoms with Crippen LogP contribution in [-0.4, -0.2) is 31.3 Å². The first-order chi connectivity index (χ1) is 10.7. The highest BCUT2D eigenvalue weighted by atomic mass is 79.9. The van der Waals surface area contributed by atoms with Gasteiger partial charge in [0.15, 0.2) is 0 Å². The number of esters is 1. The number of hydrogen-bond acceptors (Lipinski definition) is 4. The number of fused-ring (bicyclic) bond motifs is 1. The van der Waals surface area contributed by atoms with Crippen LogP contribution < -0.4 is 4.90 Å². The monoisotopic (exact) mass is 381 g/mol. The average Bonchev–Trinajstić information content (AvgIpc) is 2.63. The highest BCUT2D eigenvalue weighted by Crippen LogP contribution is 2.31. The van der Waals surface area contributed by atoms with Crippen molar-refractivity contribution >= 4 is 39.8 Å². The zero-order valence-corrected chi connectivity index (χ0v) is 15.3. The number of methoxy groups -OCH3 is 1. The van der Waals surface area contributed by atoms with E-state index in [1.165, 1.54) is 7.11 Å². The molecule has 1 heterocycles. The molecule has 6 heteroatoms. The molecule has 0 bridgehead atoms. The number of hydrogen-bond donors (Lipinski definition) is 0. The van der Waals surface area contributed by atoms with Gasteiger partial charge in [0, 0.05) is 22.2 Å². The van der Waals surface area contributed by atoms with E-state index >= 15 is 0 Å². The number of carbonyl (C=O) groups excluding carboxylic acids is 2. The van der Waals surface area contributed by atoms with Crippen molar-refractivity contribution in [3.63, 3.8) is 0 Å². The van der Waals surface area contributed by atoms with Crippen molar-refractivity contribution in [3.8, 4) is 0 Å². The molecule has 0 atom stereocenters. The molecule has 1 amide bonds. The molecular weight excluding hydrogens is 362 g/mol. The summed E-state index contributed by atoms with van der Waals surface area (Å²) in [7, 11) is 1.35. The van der Waals surface area contributed by atoms with Gasteiger partial charge in [0.25, 0.3) is 0 Å².